The molecule has 0 atom stereocenters. The highest BCUT2D eigenvalue weighted by atomic mass is 79.9. The first-order valence-corrected chi connectivity index (χ1v) is 7.09. The summed E-state index contributed by atoms with van der Waals surface area (Å²) in [4.78, 5) is 0. The average molecular weight is 314 g/mol. The average Bonchev–Trinajstić information content (AvgIpc) is 2.87. The molecule has 4 heteroatoms. The molecule has 0 bridgehead atoms. The Hall–Kier alpha value is -0.740. The minimum atomic E-state index is 0.0265. The van der Waals surface area contributed by atoms with Crippen LogP contribution in [0, 0.1) is 0 Å². The molecule has 0 unspecified atom stereocenters. The first kappa shape index (κ1) is 13.7. The molecule has 1 aliphatic rings. The van der Waals surface area contributed by atoms with Gasteiger partial charge in [-0.15, -0.1) is 0 Å². The van der Waals surface area contributed by atoms with Crippen molar-refractivity contribution >= 4 is 15.9 Å². The molecular weight excluding hydrogens is 294 g/mol. The summed E-state index contributed by atoms with van der Waals surface area (Å²) < 4.78 is 12.0. The number of halogens is 1. The maximum absolute atomic E-state index is 6.07. The Morgan fingerprint density at radius 1 is 1.22 bits per heavy atom. The van der Waals surface area contributed by atoms with Crippen molar-refractivity contribution in [2.75, 3.05) is 20.8 Å². The molecule has 0 aromatic heterocycles. The number of hydrogen-bond acceptors (Lipinski definition) is 3. The van der Waals surface area contributed by atoms with E-state index in [1.54, 1.807) is 14.2 Å². The topological polar surface area (TPSA) is 44.5 Å². The van der Waals surface area contributed by atoms with Crippen LogP contribution in [0.1, 0.15) is 31.2 Å². The zero-order chi connectivity index (χ0) is 13.2. The molecule has 0 aliphatic heterocycles. The number of ether oxygens (including phenoxy) is 2. The molecule has 1 aromatic carbocycles. The van der Waals surface area contributed by atoms with Crippen LogP contribution in [0.4, 0.5) is 0 Å². The monoisotopic (exact) mass is 313 g/mol. The molecule has 0 heterocycles. The van der Waals surface area contributed by atoms with Gasteiger partial charge in [0.1, 0.15) is 0 Å². The van der Waals surface area contributed by atoms with Crippen LogP contribution in [0.25, 0.3) is 0 Å². The highest BCUT2D eigenvalue weighted by molar-refractivity contribution is 9.10. The van der Waals surface area contributed by atoms with Crippen molar-refractivity contribution in [1.29, 1.82) is 0 Å². The zero-order valence-electron chi connectivity index (χ0n) is 11.0. The number of benzene rings is 1. The van der Waals surface area contributed by atoms with Gasteiger partial charge < -0.3 is 15.2 Å². The Morgan fingerprint density at radius 3 is 2.39 bits per heavy atom. The van der Waals surface area contributed by atoms with Gasteiger partial charge in [-0.1, -0.05) is 28.8 Å². The van der Waals surface area contributed by atoms with Crippen LogP contribution >= 0.6 is 15.9 Å². The minimum absolute atomic E-state index is 0.0265. The van der Waals surface area contributed by atoms with E-state index in [1.807, 2.05) is 12.1 Å². The molecule has 18 heavy (non-hydrogen) atoms. The summed E-state index contributed by atoms with van der Waals surface area (Å²) >= 11 is 3.65. The van der Waals surface area contributed by atoms with Crippen molar-refractivity contribution in [3.05, 3.63) is 22.2 Å². The SMILES string of the molecule is COc1ccc(Br)c(C2(CN)CCCC2)c1OC. The maximum Gasteiger partial charge on any atom is 0.165 e. The molecule has 0 saturated heterocycles. The van der Waals surface area contributed by atoms with Crippen LogP contribution in [0.3, 0.4) is 0 Å². The predicted molar refractivity (Wildman–Crippen MR) is 76.4 cm³/mol. The predicted octanol–water partition coefficient (Wildman–Crippen LogP) is 3.24. The second kappa shape index (κ2) is 5.49. The summed E-state index contributed by atoms with van der Waals surface area (Å²) in [6.45, 7) is 0.648. The van der Waals surface area contributed by atoms with Crippen LogP contribution in [0.15, 0.2) is 16.6 Å². The fraction of sp³-hybridized carbons (Fsp3) is 0.571. The summed E-state index contributed by atoms with van der Waals surface area (Å²) in [7, 11) is 3.35. The van der Waals surface area contributed by atoms with Gasteiger partial charge in [0, 0.05) is 22.0 Å². The first-order valence-electron chi connectivity index (χ1n) is 6.29. The fourth-order valence-corrected chi connectivity index (χ4v) is 3.74. The maximum atomic E-state index is 6.07. The first-order chi connectivity index (χ1) is 8.68. The number of rotatable bonds is 4. The number of hydrogen-bond donors (Lipinski definition) is 1. The van der Waals surface area contributed by atoms with Crippen LogP contribution in [-0.2, 0) is 5.41 Å². The second-order valence-corrected chi connectivity index (χ2v) is 5.70. The van der Waals surface area contributed by atoms with Crippen LogP contribution in [-0.4, -0.2) is 20.8 Å². The van der Waals surface area contributed by atoms with Crippen LogP contribution < -0.4 is 15.2 Å². The summed E-state index contributed by atoms with van der Waals surface area (Å²) in [5.41, 5.74) is 7.26. The lowest BCUT2D eigenvalue weighted by Crippen LogP contribution is -2.33. The van der Waals surface area contributed by atoms with E-state index in [4.69, 9.17) is 15.2 Å². The van der Waals surface area contributed by atoms with Gasteiger partial charge in [0.25, 0.3) is 0 Å². The molecule has 1 saturated carbocycles. The molecule has 1 aliphatic carbocycles. The number of nitrogens with two attached hydrogens (primary N) is 1. The van der Waals surface area contributed by atoms with Gasteiger partial charge >= 0.3 is 0 Å². The Morgan fingerprint density at radius 2 is 1.89 bits per heavy atom. The molecule has 0 radical (unpaired) electrons. The van der Waals surface area contributed by atoms with Crippen molar-refractivity contribution in [2.45, 2.75) is 31.1 Å². The Bertz CT molecular complexity index is 428. The lowest BCUT2D eigenvalue weighted by Gasteiger charge is -2.31. The minimum Gasteiger partial charge on any atom is -0.493 e. The standard InChI is InChI=1S/C14H20BrNO2/c1-17-11-6-5-10(15)12(13(11)18-2)14(9-16)7-3-4-8-14/h5-6H,3-4,7-9,16H2,1-2H3. The summed E-state index contributed by atoms with van der Waals surface area (Å²) in [6.07, 6.45) is 4.69. The highest BCUT2D eigenvalue weighted by Crippen LogP contribution is 2.49. The van der Waals surface area contributed by atoms with Crippen molar-refractivity contribution < 1.29 is 9.47 Å². The zero-order valence-corrected chi connectivity index (χ0v) is 12.5. The van der Waals surface area contributed by atoms with E-state index < -0.39 is 0 Å². The molecule has 0 spiro atoms. The smallest absolute Gasteiger partial charge is 0.165 e. The van der Waals surface area contributed by atoms with Crippen molar-refractivity contribution in [3.8, 4) is 11.5 Å². The van der Waals surface area contributed by atoms with E-state index >= 15 is 0 Å². The largest absolute Gasteiger partial charge is 0.493 e. The van der Waals surface area contributed by atoms with Gasteiger partial charge in [-0.3, -0.25) is 0 Å². The van der Waals surface area contributed by atoms with Gasteiger partial charge in [0.15, 0.2) is 11.5 Å². The summed E-state index contributed by atoms with van der Waals surface area (Å²) in [5, 5.41) is 0. The number of methoxy groups -OCH3 is 2. The van der Waals surface area contributed by atoms with E-state index in [2.05, 4.69) is 15.9 Å². The lowest BCUT2D eigenvalue weighted by atomic mass is 9.78. The molecule has 3 nitrogen and oxygen atoms in total. The lowest BCUT2D eigenvalue weighted by molar-refractivity contribution is 0.336. The summed E-state index contributed by atoms with van der Waals surface area (Å²) in [6, 6.07) is 3.94. The third-order valence-electron chi connectivity index (χ3n) is 3.98. The molecule has 1 fully saturated rings. The summed E-state index contributed by atoms with van der Waals surface area (Å²) in [5.74, 6) is 1.59. The Balaban J connectivity index is 2.60. The van der Waals surface area contributed by atoms with Gasteiger partial charge in [0.05, 0.1) is 14.2 Å². The van der Waals surface area contributed by atoms with Crippen LogP contribution in [0.5, 0.6) is 11.5 Å². The van der Waals surface area contributed by atoms with E-state index in [9.17, 15) is 0 Å². The molecule has 100 valence electrons. The van der Waals surface area contributed by atoms with Crippen molar-refractivity contribution in [1.82, 2.24) is 0 Å². The third-order valence-corrected chi connectivity index (χ3v) is 4.64. The molecular formula is C14H20BrNO2. The van der Waals surface area contributed by atoms with E-state index in [0.717, 1.165) is 28.8 Å². The van der Waals surface area contributed by atoms with Crippen LogP contribution in [0.2, 0.25) is 0 Å². The molecule has 1 aromatic rings. The van der Waals surface area contributed by atoms with Gasteiger partial charge in [-0.25, -0.2) is 0 Å². The van der Waals surface area contributed by atoms with E-state index in [0.29, 0.717) is 6.54 Å². The highest BCUT2D eigenvalue weighted by Gasteiger charge is 2.39. The van der Waals surface area contributed by atoms with Crippen molar-refractivity contribution in [2.24, 2.45) is 5.73 Å². The third kappa shape index (κ3) is 2.12. The Kier molecular flexibility index (Phi) is 4.17. The normalized spacial score (nSPS) is 17.8. The van der Waals surface area contributed by atoms with Crippen molar-refractivity contribution in [3.63, 3.8) is 0 Å². The molecule has 2 N–H and O–H groups in total. The van der Waals surface area contributed by atoms with Gasteiger partial charge in [-0.2, -0.15) is 0 Å². The van der Waals surface area contributed by atoms with Gasteiger partial charge in [0.2, 0.25) is 0 Å². The quantitative estimate of drug-likeness (QED) is 0.928. The molecule has 0 amide bonds. The second-order valence-electron chi connectivity index (χ2n) is 4.85. The molecule has 2 rings (SSSR count). The van der Waals surface area contributed by atoms with E-state index in [-0.39, 0.29) is 5.41 Å². The Labute approximate surface area is 117 Å². The fourth-order valence-electron chi connectivity index (χ4n) is 3.01. The van der Waals surface area contributed by atoms with Gasteiger partial charge in [-0.05, 0) is 25.0 Å². The van der Waals surface area contributed by atoms with E-state index in [1.165, 1.54) is 18.4 Å².